The van der Waals surface area contributed by atoms with Gasteiger partial charge in [-0.3, -0.25) is 9.67 Å². The van der Waals surface area contributed by atoms with E-state index in [4.69, 9.17) is 11.6 Å². The second-order valence-electron chi connectivity index (χ2n) is 5.13. The minimum absolute atomic E-state index is 0.407. The van der Waals surface area contributed by atoms with Crippen molar-refractivity contribution in [2.24, 2.45) is 7.05 Å². The number of nitrogens with zero attached hydrogens (tertiary/aromatic N) is 3. The normalized spacial score (nSPS) is 12.8. The van der Waals surface area contributed by atoms with Gasteiger partial charge in [-0.1, -0.05) is 35.9 Å². The molecule has 0 fully saturated rings. The summed E-state index contributed by atoms with van der Waals surface area (Å²) in [5.41, 5.74) is 3.22. The lowest BCUT2D eigenvalue weighted by Gasteiger charge is -2.11. The zero-order valence-corrected chi connectivity index (χ0v) is 12.7. The number of aliphatic hydroxyl groups is 1. The highest BCUT2D eigenvalue weighted by molar-refractivity contribution is 6.30. The minimum atomic E-state index is -0.699. The van der Waals surface area contributed by atoms with E-state index < -0.39 is 6.10 Å². The van der Waals surface area contributed by atoms with E-state index in [9.17, 15) is 5.11 Å². The van der Waals surface area contributed by atoms with Gasteiger partial charge in [0, 0.05) is 24.4 Å². The standard InChI is InChI=1S/C16H16ClN3O/c1-10-12(16(17)20(2)19-10)9-15(21)14-8-7-11-5-3-4-6-13(11)18-14/h3-8,15,21H,9H2,1-2H3. The molecule has 0 bridgehead atoms. The molecule has 0 radical (unpaired) electrons. The van der Waals surface area contributed by atoms with Gasteiger partial charge < -0.3 is 5.11 Å². The van der Waals surface area contributed by atoms with Crippen LogP contribution in [0, 0.1) is 6.92 Å². The lowest BCUT2D eigenvalue weighted by atomic mass is 10.1. The summed E-state index contributed by atoms with van der Waals surface area (Å²) in [7, 11) is 1.79. The SMILES string of the molecule is Cc1nn(C)c(Cl)c1CC(O)c1ccc2ccccc2n1. The number of para-hydroxylation sites is 1. The van der Waals surface area contributed by atoms with E-state index in [1.807, 2.05) is 43.3 Å². The Balaban J connectivity index is 1.91. The number of aromatic nitrogens is 3. The average molecular weight is 302 g/mol. The molecule has 3 aromatic rings. The van der Waals surface area contributed by atoms with E-state index in [-0.39, 0.29) is 0 Å². The summed E-state index contributed by atoms with van der Waals surface area (Å²) in [4.78, 5) is 4.52. The molecule has 1 N–H and O–H groups in total. The number of hydrogen-bond donors (Lipinski definition) is 1. The first-order valence-corrected chi connectivity index (χ1v) is 7.16. The van der Waals surface area contributed by atoms with E-state index in [1.54, 1.807) is 11.7 Å². The van der Waals surface area contributed by atoms with Crippen molar-refractivity contribution in [3.63, 3.8) is 0 Å². The highest BCUT2D eigenvalue weighted by Crippen LogP contribution is 2.26. The molecule has 1 atom stereocenters. The van der Waals surface area contributed by atoms with Crippen molar-refractivity contribution >= 4 is 22.5 Å². The van der Waals surface area contributed by atoms with E-state index in [0.717, 1.165) is 22.2 Å². The van der Waals surface area contributed by atoms with E-state index in [1.165, 1.54) is 0 Å². The Morgan fingerprint density at radius 3 is 2.71 bits per heavy atom. The summed E-state index contributed by atoms with van der Waals surface area (Å²) in [6, 6.07) is 11.7. The zero-order valence-electron chi connectivity index (χ0n) is 11.9. The molecule has 0 saturated carbocycles. The topological polar surface area (TPSA) is 50.9 Å². The average Bonchev–Trinajstić information content (AvgIpc) is 2.73. The number of aryl methyl sites for hydroxylation is 2. The van der Waals surface area contributed by atoms with Gasteiger partial charge in [-0.15, -0.1) is 0 Å². The summed E-state index contributed by atoms with van der Waals surface area (Å²) >= 11 is 6.21. The van der Waals surface area contributed by atoms with Gasteiger partial charge >= 0.3 is 0 Å². The second-order valence-corrected chi connectivity index (χ2v) is 5.49. The maximum Gasteiger partial charge on any atom is 0.130 e. The molecular weight excluding hydrogens is 286 g/mol. The summed E-state index contributed by atoms with van der Waals surface area (Å²) in [6.07, 6.45) is -0.292. The molecule has 0 spiro atoms. The molecule has 21 heavy (non-hydrogen) atoms. The highest BCUT2D eigenvalue weighted by atomic mass is 35.5. The first-order valence-electron chi connectivity index (χ1n) is 6.78. The van der Waals surface area contributed by atoms with Crippen LogP contribution in [0.2, 0.25) is 5.15 Å². The number of hydrogen-bond acceptors (Lipinski definition) is 3. The number of aliphatic hydroxyl groups excluding tert-OH is 1. The molecule has 5 heteroatoms. The van der Waals surface area contributed by atoms with Crippen LogP contribution in [0.5, 0.6) is 0 Å². The molecule has 108 valence electrons. The summed E-state index contributed by atoms with van der Waals surface area (Å²) in [5, 5.41) is 16.3. The lowest BCUT2D eigenvalue weighted by molar-refractivity contribution is 0.174. The van der Waals surface area contributed by atoms with Gasteiger partial charge in [0.15, 0.2) is 0 Å². The quantitative estimate of drug-likeness (QED) is 0.808. The van der Waals surface area contributed by atoms with E-state index in [2.05, 4.69) is 10.1 Å². The van der Waals surface area contributed by atoms with E-state index >= 15 is 0 Å². The smallest absolute Gasteiger partial charge is 0.130 e. The van der Waals surface area contributed by atoms with Crippen molar-refractivity contribution in [2.75, 3.05) is 0 Å². The van der Waals surface area contributed by atoms with Gasteiger partial charge in [-0.25, -0.2) is 0 Å². The Morgan fingerprint density at radius 2 is 2.00 bits per heavy atom. The van der Waals surface area contributed by atoms with Crippen LogP contribution in [0.25, 0.3) is 10.9 Å². The van der Waals surface area contributed by atoms with Gasteiger partial charge in [0.25, 0.3) is 0 Å². The van der Waals surface area contributed by atoms with Crippen LogP contribution in [-0.4, -0.2) is 19.9 Å². The van der Waals surface area contributed by atoms with Crippen molar-refractivity contribution < 1.29 is 5.11 Å². The fourth-order valence-electron chi connectivity index (χ4n) is 2.47. The maximum absolute atomic E-state index is 10.4. The second kappa shape index (κ2) is 5.47. The molecule has 1 aromatic carbocycles. The molecule has 1 unspecified atom stereocenters. The zero-order chi connectivity index (χ0) is 15.0. The number of pyridine rings is 1. The van der Waals surface area contributed by atoms with Crippen LogP contribution in [0.1, 0.15) is 23.1 Å². The van der Waals surface area contributed by atoms with Gasteiger partial charge in [0.1, 0.15) is 11.3 Å². The van der Waals surface area contributed by atoms with Crippen LogP contribution in [0.3, 0.4) is 0 Å². The number of rotatable bonds is 3. The number of benzene rings is 1. The van der Waals surface area contributed by atoms with Crippen LogP contribution in [0.4, 0.5) is 0 Å². The Kier molecular flexibility index (Phi) is 3.66. The van der Waals surface area contributed by atoms with Crippen LogP contribution >= 0.6 is 11.6 Å². The van der Waals surface area contributed by atoms with Gasteiger partial charge in [-0.05, 0) is 19.1 Å². The fraction of sp³-hybridized carbons (Fsp3) is 0.250. The Labute approximate surface area is 128 Å². The van der Waals surface area contributed by atoms with Crippen LogP contribution in [-0.2, 0) is 13.5 Å². The maximum atomic E-state index is 10.4. The van der Waals surface area contributed by atoms with E-state index in [0.29, 0.717) is 17.3 Å². The molecule has 4 nitrogen and oxygen atoms in total. The summed E-state index contributed by atoms with van der Waals surface area (Å²) < 4.78 is 1.62. The van der Waals surface area contributed by atoms with Gasteiger partial charge in [-0.2, -0.15) is 5.10 Å². The third-order valence-electron chi connectivity index (χ3n) is 3.63. The molecule has 0 saturated heterocycles. The molecule has 3 rings (SSSR count). The van der Waals surface area contributed by atoms with Crippen molar-refractivity contribution in [1.82, 2.24) is 14.8 Å². The van der Waals surface area contributed by atoms with Crippen LogP contribution in [0.15, 0.2) is 36.4 Å². The number of fused-ring (bicyclic) bond motifs is 1. The molecule has 0 aliphatic heterocycles. The molecule has 0 aliphatic carbocycles. The largest absolute Gasteiger partial charge is 0.386 e. The highest BCUT2D eigenvalue weighted by Gasteiger charge is 2.17. The van der Waals surface area contributed by atoms with Crippen molar-refractivity contribution in [3.05, 3.63) is 58.5 Å². The Morgan fingerprint density at radius 1 is 1.24 bits per heavy atom. The molecule has 0 aliphatic rings. The lowest BCUT2D eigenvalue weighted by Crippen LogP contribution is -2.05. The summed E-state index contributed by atoms with van der Waals surface area (Å²) in [5.74, 6) is 0. The minimum Gasteiger partial charge on any atom is -0.386 e. The third kappa shape index (κ3) is 2.64. The predicted molar refractivity (Wildman–Crippen MR) is 83.4 cm³/mol. The first kappa shape index (κ1) is 14.0. The van der Waals surface area contributed by atoms with Crippen LogP contribution < -0.4 is 0 Å². The molecule has 2 aromatic heterocycles. The first-order chi connectivity index (χ1) is 10.1. The fourth-order valence-corrected chi connectivity index (χ4v) is 2.72. The predicted octanol–water partition coefficient (Wildman–Crippen LogP) is 3.21. The van der Waals surface area contributed by atoms with Gasteiger partial charge in [0.05, 0.1) is 16.9 Å². The van der Waals surface area contributed by atoms with Crippen molar-refractivity contribution in [1.29, 1.82) is 0 Å². The third-order valence-corrected chi connectivity index (χ3v) is 4.10. The van der Waals surface area contributed by atoms with Gasteiger partial charge in [0.2, 0.25) is 0 Å². The monoisotopic (exact) mass is 301 g/mol. The Hall–Kier alpha value is -1.91. The number of halogens is 1. The molecule has 2 heterocycles. The molecule has 0 amide bonds. The van der Waals surface area contributed by atoms with Crippen molar-refractivity contribution in [2.45, 2.75) is 19.4 Å². The summed E-state index contributed by atoms with van der Waals surface area (Å²) in [6.45, 7) is 1.89. The Bertz CT molecular complexity index is 797. The molecular formula is C16H16ClN3O. The van der Waals surface area contributed by atoms with Crippen molar-refractivity contribution in [3.8, 4) is 0 Å².